The summed E-state index contributed by atoms with van der Waals surface area (Å²) < 4.78 is 30.9. The molecule has 5 rings (SSSR count). The number of ether oxygens (including phenoxy) is 3. The summed E-state index contributed by atoms with van der Waals surface area (Å²) in [7, 11) is 1.60. The van der Waals surface area contributed by atoms with Gasteiger partial charge >= 0.3 is 6.03 Å². The van der Waals surface area contributed by atoms with Crippen LogP contribution in [0.1, 0.15) is 12.8 Å². The summed E-state index contributed by atoms with van der Waals surface area (Å²) in [5.41, 5.74) is 2.16. The summed E-state index contributed by atoms with van der Waals surface area (Å²) >= 11 is 5.95. The Morgan fingerprint density at radius 1 is 1.08 bits per heavy atom. The summed E-state index contributed by atoms with van der Waals surface area (Å²) in [6, 6.07) is 10.1. The number of nitrogens with one attached hydrogen (secondary N) is 1. The molecule has 0 atom stereocenters. The predicted octanol–water partition coefficient (Wildman–Crippen LogP) is 5.07. The molecule has 10 heteroatoms. The van der Waals surface area contributed by atoms with Gasteiger partial charge in [0.25, 0.3) is 0 Å². The number of halogens is 2. The first-order valence-corrected chi connectivity index (χ1v) is 12.4. The van der Waals surface area contributed by atoms with E-state index < -0.39 is 5.82 Å². The zero-order chi connectivity index (χ0) is 25.1. The lowest BCUT2D eigenvalue weighted by Crippen LogP contribution is -2.51. The van der Waals surface area contributed by atoms with Gasteiger partial charge in [-0.1, -0.05) is 11.6 Å². The molecule has 0 spiro atoms. The Hall–Kier alpha value is -3.30. The Morgan fingerprint density at radius 3 is 2.56 bits per heavy atom. The average molecular weight is 515 g/mol. The lowest BCUT2D eigenvalue weighted by atomic mass is 10.1. The summed E-state index contributed by atoms with van der Waals surface area (Å²) in [6.07, 6.45) is 3.10. The number of nitrogens with zero attached hydrogens (tertiary/aromatic N) is 3. The van der Waals surface area contributed by atoms with E-state index >= 15 is 0 Å². The minimum absolute atomic E-state index is 0.0440. The van der Waals surface area contributed by atoms with Crippen LogP contribution in [0, 0.1) is 5.82 Å². The van der Waals surface area contributed by atoms with Crippen molar-refractivity contribution in [1.29, 1.82) is 0 Å². The second-order valence-electron chi connectivity index (χ2n) is 8.82. The average Bonchev–Trinajstić information content (AvgIpc) is 2.91. The molecule has 2 aliphatic rings. The number of hydrogen-bond donors (Lipinski definition) is 1. The number of fused-ring (bicyclic) bond motifs is 1. The molecule has 8 nitrogen and oxygen atoms in total. The van der Waals surface area contributed by atoms with Gasteiger partial charge < -0.3 is 29.3 Å². The zero-order valence-electron chi connectivity index (χ0n) is 20.0. The molecule has 0 unspecified atom stereocenters. The molecule has 2 saturated heterocycles. The van der Waals surface area contributed by atoms with Gasteiger partial charge in [0.15, 0.2) is 11.5 Å². The Balaban J connectivity index is 1.31. The molecule has 0 bridgehead atoms. The summed E-state index contributed by atoms with van der Waals surface area (Å²) in [5, 5.41) is 4.16. The fraction of sp³-hybridized carbons (Fsp3) is 0.385. The molecule has 3 aromatic rings. The van der Waals surface area contributed by atoms with E-state index in [9.17, 15) is 9.18 Å². The van der Waals surface area contributed by atoms with Crippen molar-refractivity contribution in [3.63, 3.8) is 0 Å². The van der Waals surface area contributed by atoms with Crippen molar-refractivity contribution in [3.8, 4) is 11.5 Å². The van der Waals surface area contributed by atoms with Crippen LogP contribution in [0.25, 0.3) is 10.9 Å². The van der Waals surface area contributed by atoms with Crippen molar-refractivity contribution in [2.45, 2.75) is 18.9 Å². The minimum atomic E-state index is -0.472. The number of urea groups is 1. The van der Waals surface area contributed by atoms with Crippen LogP contribution in [0.15, 0.2) is 42.6 Å². The van der Waals surface area contributed by atoms with E-state index in [1.165, 1.54) is 12.1 Å². The molecule has 2 fully saturated rings. The van der Waals surface area contributed by atoms with Gasteiger partial charge in [-0.2, -0.15) is 0 Å². The maximum atomic E-state index is 13.6. The van der Waals surface area contributed by atoms with Gasteiger partial charge in [-0.05, 0) is 30.3 Å². The fourth-order valence-electron chi connectivity index (χ4n) is 4.54. The molecule has 190 valence electrons. The first-order chi connectivity index (χ1) is 17.5. The molecular formula is C26H28ClFN4O4. The summed E-state index contributed by atoms with van der Waals surface area (Å²) in [5.74, 6) is 0.722. The van der Waals surface area contributed by atoms with Crippen molar-refractivity contribution in [1.82, 2.24) is 14.8 Å². The third kappa shape index (κ3) is 5.27. The molecular weight excluding hydrogens is 487 g/mol. The van der Waals surface area contributed by atoms with Gasteiger partial charge in [0.05, 0.1) is 30.9 Å². The molecule has 2 aromatic carbocycles. The van der Waals surface area contributed by atoms with E-state index in [0.717, 1.165) is 29.4 Å². The molecule has 2 aliphatic heterocycles. The Bertz CT molecular complexity index is 1250. The maximum absolute atomic E-state index is 13.6. The molecule has 2 amide bonds. The highest BCUT2D eigenvalue weighted by Crippen LogP contribution is 2.37. The number of rotatable bonds is 5. The number of amides is 2. The van der Waals surface area contributed by atoms with Crippen LogP contribution in [0.5, 0.6) is 11.5 Å². The smallest absolute Gasteiger partial charge is 0.320 e. The number of piperidine rings is 1. The van der Waals surface area contributed by atoms with Crippen LogP contribution in [-0.2, 0) is 4.74 Å². The molecule has 36 heavy (non-hydrogen) atoms. The normalized spacial score (nSPS) is 16.8. The van der Waals surface area contributed by atoms with Gasteiger partial charge in [-0.3, -0.25) is 4.98 Å². The highest BCUT2D eigenvalue weighted by atomic mass is 35.5. The van der Waals surface area contributed by atoms with Crippen LogP contribution in [0.2, 0.25) is 5.02 Å². The summed E-state index contributed by atoms with van der Waals surface area (Å²) in [6.45, 7) is 3.73. The zero-order valence-corrected chi connectivity index (χ0v) is 20.8. The monoisotopic (exact) mass is 514 g/mol. The number of methoxy groups -OCH3 is 1. The Labute approximate surface area is 213 Å². The quantitative estimate of drug-likeness (QED) is 0.512. The van der Waals surface area contributed by atoms with E-state index in [0.29, 0.717) is 56.6 Å². The number of carbonyl (C=O) groups excluding carboxylic acids is 1. The topological polar surface area (TPSA) is 76.2 Å². The molecule has 0 aliphatic carbocycles. The number of anilines is 2. The minimum Gasteiger partial charge on any atom is -0.493 e. The highest BCUT2D eigenvalue weighted by molar-refractivity contribution is 6.31. The van der Waals surface area contributed by atoms with Crippen molar-refractivity contribution in [3.05, 3.63) is 53.4 Å². The van der Waals surface area contributed by atoms with Crippen LogP contribution in [0.4, 0.5) is 20.6 Å². The Kier molecular flexibility index (Phi) is 7.29. The lowest BCUT2D eigenvalue weighted by Gasteiger charge is -2.37. The number of likely N-dealkylation sites (tertiary alicyclic amines) is 1. The van der Waals surface area contributed by atoms with Gasteiger partial charge in [0.2, 0.25) is 0 Å². The third-order valence-corrected chi connectivity index (χ3v) is 6.80. The standard InChI is InChI=1S/C26H28ClFN4O4/c1-34-24-16-23-19(22(4-7-29-23)30-17-2-3-21(28)20(27)14-17)15-25(24)36-18-5-8-31(9-6-18)26(33)32-10-12-35-13-11-32/h2-4,7,14-16,18H,5-6,8-13H2,1H3,(H,29,30). The number of morpholine rings is 1. The van der Waals surface area contributed by atoms with Crippen molar-refractivity contribution >= 4 is 39.9 Å². The number of aromatic nitrogens is 1. The SMILES string of the molecule is COc1cc2nccc(Nc3ccc(F)c(Cl)c3)c2cc1OC1CCN(C(=O)N2CCOCC2)CC1. The second kappa shape index (κ2) is 10.8. The van der Waals surface area contributed by atoms with Crippen molar-refractivity contribution in [2.24, 2.45) is 0 Å². The van der Waals surface area contributed by atoms with E-state index in [1.807, 2.05) is 28.0 Å². The van der Waals surface area contributed by atoms with Crippen LogP contribution in [-0.4, -0.2) is 73.4 Å². The van der Waals surface area contributed by atoms with Gasteiger partial charge in [-0.15, -0.1) is 0 Å². The highest BCUT2D eigenvalue weighted by Gasteiger charge is 2.28. The van der Waals surface area contributed by atoms with Gasteiger partial charge in [-0.25, -0.2) is 9.18 Å². The van der Waals surface area contributed by atoms with Crippen molar-refractivity contribution < 1.29 is 23.4 Å². The van der Waals surface area contributed by atoms with Gasteiger partial charge in [0, 0.05) is 68.0 Å². The van der Waals surface area contributed by atoms with Crippen molar-refractivity contribution in [2.75, 3.05) is 51.8 Å². The van der Waals surface area contributed by atoms with Crippen LogP contribution < -0.4 is 14.8 Å². The van der Waals surface area contributed by atoms with Crippen LogP contribution >= 0.6 is 11.6 Å². The van der Waals surface area contributed by atoms with E-state index in [2.05, 4.69) is 10.3 Å². The van der Waals surface area contributed by atoms with Crippen LogP contribution in [0.3, 0.4) is 0 Å². The first kappa shape index (κ1) is 24.4. The lowest BCUT2D eigenvalue weighted by molar-refractivity contribution is 0.0359. The number of pyridine rings is 1. The number of hydrogen-bond acceptors (Lipinski definition) is 6. The summed E-state index contributed by atoms with van der Waals surface area (Å²) in [4.78, 5) is 21.0. The molecule has 0 saturated carbocycles. The maximum Gasteiger partial charge on any atom is 0.320 e. The Morgan fingerprint density at radius 2 is 1.83 bits per heavy atom. The number of carbonyl (C=O) groups is 1. The fourth-order valence-corrected chi connectivity index (χ4v) is 4.72. The van der Waals surface area contributed by atoms with Gasteiger partial charge in [0.1, 0.15) is 11.9 Å². The van der Waals surface area contributed by atoms with E-state index in [-0.39, 0.29) is 17.2 Å². The largest absolute Gasteiger partial charge is 0.493 e. The molecule has 1 N–H and O–H groups in total. The third-order valence-electron chi connectivity index (χ3n) is 6.51. The predicted molar refractivity (Wildman–Crippen MR) is 136 cm³/mol. The van der Waals surface area contributed by atoms with E-state index in [1.54, 1.807) is 19.4 Å². The molecule has 1 aromatic heterocycles. The first-order valence-electron chi connectivity index (χ1n) is 12.0. The van der Waals surface area contributed by atoms with E-state index in [4.69, 9.17) is 25.8 Å². The number of benzene rings is 2. The molecule has 0 radical (unpaired) electrons. The second-order valence-corrected chi connectivity index (χ2v) is 9.23. The molecule has 3 heterocycles.